The summed E-state index contributed by atoms with van der Waals surface area (Å²) in [5.41, 5.74) is 0. The standard InChI is InChI=1S/C18H24ClNO3.C4H4O4/c1-3-17(22-15-8-4-12(19)5-9-15)18(21)23-16-10-13-6-7-14(11-16)20(13)2;5-3(6)1-2-4(7)8/h4-5,8-9,13-14,16-17H,3,6-7,10-11H2,1-2H3;1-2H,(H,5,6)(H,7,8)/b;2-1+/t13-,14+,16?,17-;/m1./s1. The first-order valence-corrected chi connectivity index (χ1v) is 10.6. The number of esters is 1. The van der Waals surface area contributed by atoms with E-state index in [0.29, 0.717) is 41.4 Å². The van der Waals surface area contributed by atoms with Crippen LogP contribution in [-0.4, -0.2) is 64.4 Å². The molecule has 1 aromatic carbocycles. The molecule has 0 radical (unpaired) electrons. The van der Waals surface area contributed by atoms with E-state index in [1.54, 1.807) is 24.3 Å². The summed E-state index contributed by atoms with van der Waals surface area (Å²) in [5.74, 6) is -2.13. The number of fused-ring (bicyclic) bond motifs is 2. The normalized spacial score (nSPS) is 23.5. The first-order valence-electron chi connectivity index (χ1n) is 10.2. The topological polar surface area (TPSA) is 113 Å². The highest BCUT2D eigenvalue weighted by Gasteiger charge is 2.40. The van der Waals surface area contributed by atoms with Crippen molar-refractivity contribution in [2.75, 3.05) is 7.05 Å². The SMILES string of the molecule is CC[C@@H](Oc1ccc(Cl)cc1)C(=O)OC1C[C@H]2CC[C@@H](C1)N2C.O=C(O)/C=C/C(=O)O. The minimum atomic E-state index is -1.26. The molecule has 0 amide bonds. The van der Waals surface area contributed by atoms with Gasteiger partial charge in [-0.1, -0.05) is 18.5 Å². The van der Waals surface area contributed by atoms with E-state index in [4.69, 9.17) is 31.3 Å². The number of hydrogen-bond donors (Lipinski definition) is 2. The molecule has 2 aliphatic rings. The highest BCUT2D eigenvalue weighted by molar-refractivity contribution is 6.30. The number of carbonyl (C=O) groups is 3. The molecule has 0 saturated carbocycles. The van der Waals surface area contributed by atoms with Gasteiger partial charge in [-0.3, -0.25) is 0 Å². The first kappa shape index (κ1) is 24.7. The van der Waals surface area contributed by atoms with Gasteiger partial charge in [-0.2, -0.15) is 0 Å². The Hall–Kier alpha value is -2.58. The van der Waals surface area contributed by atoms with Crippen molar-refractivity contribution in [1.82, 2.24) is 4.90 Å². The third-order valence-electron chi connectivity index (χ3n) is 5.43. The molecule has 9 heteroatoms. The Bertz CT molecular complexity index is 766. The molecule has 2 saturated heterocycles. The fourth-order valence-electron chi connectivity index (χ4n) is 3.82. The van der Waals surface area contributed by atoms with Crippen LogP contribution in [0.2, 0.25) is 5.02 Å². The zero-order valence-electron chi connectivity index (χ0n) is 17.6. The van der Waals surface area contributed by atoms with Crippen molar-refractivity contribution in [1.29, 1.82) is 0 Å². The number of nitrogens with zero attached hydrogens (tertiary/aromatic N) is 1. The maximum atomic E-state index is 12.4. The van der Waals surface area contributed by atoms with E-state index in [-0.39, 0.29) is 12.1 Å². The number of carboxylic acids is 2. The average molecular weight is 454 g/mol. The van der Waals surface area contributed by atoms with Crippen molar-refractivity contribution in [3.63, 3.8) is 0 Å². The van der Waals surface area contributed by atoms with Gasteiger partial charge in [0.15, 0.2) is 6.10 Å². The monoisotopic (exact) mass is 453 g/mol. The number of benzene rings is 1. The zero-order valence-corrected chi connectivity index (χ0v) is 18.3. The number of carboxylic acid groups (broad SMARTS) is 2. The molecular formula is C22H28ClNO7. The number of ether oxygens (including phenoxy) is 2. The highest BCUT2D eigenvalue weighted by atomic mass is 35.5. The van der Waals surface area contributed by atoms with Gasteiger partial charge in [0.05, 0.1) is 0 Å². The van der Waals surface area contributed by atoms with Gasteiger partial charge in [-0.25, -0.2) is 14.4 Å². The number of rotatable bonds is 7. The minimum Gasteiger partial charge on any atom is -0.479 e. The number of halogens is 1. The molecule has 4 atom stereocenters. The number of aliphatic carboxylic acids is 2. The molecule has 1 unspecified atom stereocenters. The van der Waals surface area contributed by atoms with Crippen LogP contribution in [0.3, 0.4) is 0 Å². The van der Waals surface area contributed by atoms with Crippen LogP contribution in [0.15, 0.2) is 36.4 Å². The number of piperidine rings is 1. The summed E-state index contributed by atoms with van der Waals surface area (Å²) in [6.45, 7) is 1.93. The summed E-state index contributed by atoms with van der Waals surface area (Å²) in [6.07, 6.45) is 5.48. The first-order chi connectivity index (χ1) is 14.7. The fraction of sp³-hybridized carbons (Fsp3) is 0.500. The van der Waals surface area contributed by atoms with Crippen LogP contribution in [-0.2, 0) is 19.1 Å². The Balaban J connectivity index is 0.000000366. The molecule has 2 fully saturated rings. The van der Waals surface area contributed by atoms with Crippen LogP contribution in [0.5, 0.6) is 5.75 Å². The van der Waals surface area contributed by atoms with Crippen molar-refractivity contribution < 1.29 is 34.1 Å². The van der Waals surface area contributed by atoms with Crippen LogP contribution in [0.1, 0.15) is 39.0 Å². The number of hydrogen-bond acceptors (Lipinski definition) is 6. The molecule has 2 bridgehead atoms. The van der Waals surface area contributed by atoms with Crippen LogP contribution in [0.25, 0.3) is 0 Å². The lowest BCUT2D eigenvalue weighted by Gasteiger charge is -2.36. The van der Waals surface area contributed by atoms with Crippen molar-refractivity contribution in [3.8, 4) is 5.75 Å². The molecule has 0 aliphatic carbocycles. The summed E-state index contributed by atoms with van der Waals surface area (Å²) in [4.78, 5) is 34.0. The van der Waals surface area contributed by atoms with E-state index in [9.17, 15) is 14.4 Å². The van der Waals surface area contributed by atoms with Crippen LogP contribution in [0.4, 0.5) is 0 Å². The molecule has 2 heterocycles. The van der Waals surface area contributed by atoms with Gasteiger partial charge in [-0.05, 0) is 63.4 Å². The predicted octanol–water partition coefficient (Wildman–Crippen LogP) is 3.38. The second-order valence-corrected chi connectivity index (χ2v) is 8.00. The summed E-state index contributed by atoms with van der Waals surface area (Å²) in [7, 11) is 2.18. The third kappa shape index (κ3) is 7.88. The Morgan fingerprint density at radius 3 is 2.06 bits per heavy atom. The smallest absolute Gasteiger partial charge is 0.347 e. The molecule has 0 spiro atoms. The third-order valence-corrected chi connectivity index (χ3v) is 5.68. The van der Waals surface area contributed by atoms with Gasteiger partial charge in [0.1, 0.15) is 11.9 Å². The van der Waals surface area contributed by atoms with E-state index in [0.717, 1.165) is 12.8 Å². The molecule has 2 N–H and O–H groups in total. The zero-order chi connectivity index (χ0) is 23.0. The molecule has 31 heavy (non-hydrogen) atoms. The van der Waals surface area contributed by atoms with Crippen molar-refractivity contribution in [3.05, 3.63) is 41.4 Å². The van der Waals surface area contributed by atoms with Crippen LogP contribution < -0.4 is 4.74 Å². The second kappa shape index (κ2) is 11.7. The fourth-order valence-corrected chi connectivity index (χ4v) is 3.94. The van der Waals surface area contributed by atoms with Gasteiger partial charge in [0.2, 0.25) is 0 Å². The molecule has 2 aliphatic heterocycles. The van der Waals surface area contributed by atoms with Gasteiger partial charge in [0.25, 0.3) is 0 Å². The van der Waals surface area contributed by atoms with Gasteiger partial charge in [-0.15, -0.1) is 0 Å². The van der Waals surface area contributed by atoms with Crippen LogP contribution >= 0.6 is 11.6 Å². The minimum absolute atomic E-state index is 0.0269. The lowest BCUT2D eigenvalue weighted by Crippen LogP contribution is -2.44. The quantitative estimate of drug-likeness (QED) is 0.477. The van der Waals surface area contributed by atoms with Gasteiger partial charge >= 0.3 is 17.9 Å². The van der Waals surface area contributed by atoms with Gasteiger partial charge in [0, 0.05) is 29.3 Å². The summed E-state index contributed by atoms with van der Waals surface area (Å²) in [5, 5.41) is 16.3. The Kier molecular flexibility index (Phi) is 9.33. The molecule has 3 rings (SSSR count). The van der Waals surface area contributed by atoms with Crippen LogP contribution in [0, 0.1) is 0 Å². The summed E-state index contributed by atoms with van der Waals surface area (Å²) >= 11 is 5.87. The maximum absolute atomic E-state index is 12.4. The van der Waals surface area contributed by atoms with Crippen molar-refractivity contribution in [2.45, 2.75) is 63.3 Å². The molecule has 0 aromatic heterocycles. The highest BCUT2D eigenvalue weighted by Crippen LogP contribution is 2.35. The van der Waals surface area contributed by atoms with Crippen molar-refractivity contribution in [2.24, 2.45) is 0 Å². The Labute approximate surface area is 186 Å². The Morgan fingerprint density at radius 1 is 1.10 bits per heavy atom. The largest absolute Gasteiger partial charge is 0.479 e. The van der Waals surface area contributed by atoms with E-state index < -0.39 is 18.0 Å². The lowest BCUT2D eigenvalue weighted by molar-refractivity contribution is -0.161. The molecule has 170 valence electrons. The molecule has 8 nitrogen and oxygen atoms in total. The summed E-state index contributed by atoms with van der Waals surface area (Å²) in [6, 6.07) is 8.17. The number of carbonyl (C=O) groups excluding carboxylic acids is 1. The van der Waals surface area contributed by atoms with E-state index in [1.807, 2.05) is 6.92 Å². The van der Waals surface area contributed by atoms with E-state index in [1.165, 1.54) is 12.8 Å². The molecule has 1 aromatic rings. The Morgan fingerprint density at radius 2 is 1.61 bits per heavy atom. The second-order valence-electron chi connectivity index (χ2n) is 7.56. The van der Waals surface area contributed by atoms with Crippen molar-refractivity contribution >= 4 is 29.5 Å². The van der Waals surface area contributed by atoms with E-state index >= 15 is 0 Å². The average Bonchev–Trinajstić information content (AvgIpc) is 2.92. The summed E-state index contributed by atoms with van der Waals surface area (Å²) < 4.78 is 11.5. The van der Waals surface area contributed by atoms with E-state index in [2.05, 4.69) is 11.9 Å². The lowest BCUT2D eigenvalue weighted by atomic mass is 10.0. The molecular weight excluding hydrogens is 426 g/mol. The predicted molar refractivity (Wildman–Crippen MR) is 114 cm³/mol. The van der Waals surface area contributed by atoms with Gasteiger partial charge < -0.3 is 24.6 Å². The maximum Gasteiger partial charge on any atom is 0.347 e.